The van der Waals surface area contributed by atoms with Crippen LogP contribution >= 0.6 is 23.5 Å². The van der Waals surface area contributed by atoms with E-state index < -0.39 is 0 Å². The standard InChI is InChI=1S/C27H34N4O2S2/c1-6-10-17-31-25(32)24(26-30(9-4)22-18-21(33-5)15-16-23(22)34-26)35-27(31)28-19-11-13-20(14-12-19)29(7-2)8-3/h11-16,18H,6-10,17H2,1-5H3/b26-24-,28-27?. The van der Waals surface area contributed by atoms with E-state index in [4.69, 9.17) is 9.73 Å². The Morgan fingerprint density at radius 3 is 2.34 bits per heavy atom. The van der Waals surface area contributed by atoms with Crippen LogP contribution in [0.1, 0.15) is 40.5 Å². The fraction of sp³-hybridized carbons (Fsp3) is 0.407. The van der Waals surface area contributed by atoms with Gasteiger partial charge in [-0.25, -0.2) is 4.99 Å². The topological polar surface area (TPSA) is 48.4 Å². The van der Waals surface area contributed by atoms with Gasteiger partial charge in [0.15, 0.2) is 5.17 Å². The van der Waals surface area contributed by atoms with E-state index in [0.29, 0.717) is 6.54 Å². The minimum absolute atomic E-state index is 0.0442. The van der Waals surface area contributed by atoms with Crippen molar-refractivity contribution in [3.63, 3.8) is 0 Å². The predicted octanol–water partition coefficient (Wildman–Crippen LogP) is 6.71. The molecule has 1 saturated heterocycles. The molecule has 0 saturated carbocycles. The minimum Gasteiger partial charge on any atom is -0.497 e. The van der Waals surface area contributed by atoms with Crippen LogP contribution in [0.4, 0.5) is 17.1 Å². The van der Waals surface area contributed by atoms with E-state index in [0.717, 1.165) is 69.6 Å². The third kappa shape index (κ3) is 5.19. The summed E-state index contributed by atoms with van der Waals surface area (Å²) < 4.78 is 5.44. The Hall–Kier alpha value is -2.58. The van der Waals surface area contributed by atoms with E-state index in [2.05, 4.69) is 55.7 Å². The smallest absolute Gasteiger partial charge is 0.269 e. The number of carbonyl (C=O) groups excluding carboxylic acids is 1. The van der Waals surface area contributed by atoms with Gasteiger partial charge in [0, 0.05) is 42.8 Å². The van der Waals surface area contributed by atoms with Gasteiger partial charge in [-0.05, 0) is 75.4 Å². The number of nitrogens with zero attached hydrogens (tertiary/aromatic N) is 4. The van der Waals surface area contributed by atoms with E-state index in [1.54, 1.807) is 18.9 Å². The van der Waals surface area contributed by atoms with Crippen LogP contribution in [0.25, 0.3) is 0 Å². The first-order valence-electron chi connectivity index (χ1n) is 12.4. The first-order valence-corrected chi connectivity index (χ1v) is 14.0. The van der Waals surface area contributed by atoms with Crippen molar-refractivity contribution in [2.75, 3.05) is 43.1 Å². The summed E-state index contributed by atoms with van der Waals surface area (Å²) in [6, 6.07) is 14.4. The molecular formula is C27H34N4O2S2. The highest BCUT2D eigenvalue weighted by Crippen LogP contribution is 2.51. The lowest BCUT2D eigenvalue weighted by Crippen LogP contribution is -2.30. The zero-order valence-electron chi connectivity index (χ0n) is 21.2. The summed E-state index contributed by atoms with van der Waals surface area (Å²) in [5, 5.41) is 1.74. The third-order valence-corrected chi connectivity index (χ3v) is 8.60. The lowest BCUT2D eigenvalue weighted by molar-refractivity contribution is -0.122. The molecule has 2 aliphatic heterocycles. The molecule has 0 bridgehead atoms. The Labute approximate surface area is 217 Å². The average Bonchev–Trinajstić information content (AvgIpc) is 3.40. The lowest BCUT2D eigenvalue weighted by Gasteiger charge is -2.21. The van der Waals surface area contributed by atoms with E-state index in [1.807, 2.05) is 29.2 Å². The number of ether oxygens (including phenoxy) is 1. The first-order chi connectivity index (χ1) is 17.0. The Kier molecular flexibility index (Phi) is 8.34. The van der Waals surface area contributed by atoms with Gasteiger partial charge in [-0.3, -0.25) is 9.69 Å². The van der Waals surface area contributed by atoms with E-state index in [1.165, 1.54) is 17.4 Å². The molecule has 0 radical (unpaired) electrons. The molecule has 0 aromatic heterocycles. The second-order valence-corrected chi connectivity index (χ2v) is 10.3. The predicted molar refractivity (Wildman–Crippen MR) is 150 cm³/mol. The van der Waals surface area contributed by atoms with Crippen LogP contribution in [0, 0.1) is 0 Å². The molecule has 4 rings (SSSR count). The van der Waals surface area contributed by atoms with E-state index in [-0.39, 0.29) is 5.91 Å². The molecule has 186 valence electrons. The Bertz CT molecular complexity index is 1130. The Balaban J connectivity index is 1.68. The second-order valence-electron chi connectivity index (χ2n) is 8.31. The van der Waals surface area contributed by atoms with Gasteiger partial charge in [0.2, 0.25) is 0 Å². The third-order valence-electron chi connectivity index (χ3n) is 6.22. The van der Waals surface area contributed by atoms with Crippen molar-refractivity contribution < 1.29 is 9.53 Å². The monoisotopic (exact) mass is 510 g/mol. The largest absolute Gasteiger partial charge is 0.497 e. The number of unbranched alkanes of at least 4 members (excludes halogenated alkanes) is 1. The highest BCUT2D eigenvalue weighted by molar-refractivity contribution is 8.19. The molecular weight excluding hydrogens is 476 g/mol. The molecule has 2 heterocycles. The summed E-state index contributed by atoms with van der Waals surface area (Å²) in [6.07, 6.45) is 1.96. The Morgan fingerprint density at radius 2 is 1.71 bits per heavy atom. The molecule has 0 spiro atoms. The number of benzene rings is 2. The van der Waals surface area contributed by atoms with Gasteiger partial charge < -0.3 is 14.5 Å². The second kappa shape index (κ2) is 11.4. The summed E-state index contributed by atoms with van der Waals surface area (Å²) >= 11 is 3.14. The summed E-state index contributed by atoms with van der Waals surface area (Å²) in [6.45, 7) is 12.0. The molecule has 2 aromatic carbocycles. The number of carbonyl (C=O) groups is 1. The molecule has 1 fully saturated rings. The van der Waals surface area contributed by atoms with Crippen LogP contribution in [0.5, 0.6) is 5.75 Å². The van der Waals surface area contributed by atoms with Gasteiger partial charge in [0.05, 0.1) is 18.5 Å². The molecule has 0 atom stereocenters. The van der Waals surface area contributed by atoms with Gasteiger partial charge >= 0.3 is 0 Å². The molecule has 2 aliphatic rings. The number of hydrogen-bond donors (Lipinski definition) is 0. The van der Waals surface area contributed by atoms with Crippen molar-refractivity contribution in [1.29, 1.82) is 0 Å². The maximum absolute atomic E-state index is 13.7. The fourth-order valence-electron chi connectivity index (χ4n) is 4.24. The lowest BCUT2D eigenvalue weighted by atomic mass is 10.2. The molecule has 0 N–H and O–H groups in total. The van der Waals surface area contributed by atoms with E-state index >= 15 is 0 Å². The number of anilines is 2. The van der Waals surface area contributed by atoms with Crippen molar-refractivity contribution in [1.82, 2.24) is 4.90 Å². The van der Waals surface area contributed by atoms with Crippen molar-refractivity contribution in [3.8, 4) is 5.75 Å². The van der Waals surface area contributed by atoms with Gasteiger partial charge in [-0.2, -0.15) is 0 Å². The Morgan fingerprint density at radius 1 is 0.971 bits per heavy atom. The number of methoxy groups -OCH3 is 1. The van der Waals surface area contributed by atoms with Crippen LogP contribution in [0.2, 0.25) is 0 Å². The maximum Gasteiger partial charge on any atom is 0.269 e. The summed E-state index contributed by atoms with van der Waals surface area (Å²) in [4.78, 5) is 26.8. The van der Waals surface area contributed by atoms with Gasteiger partial charge in [0.1, 0.15) is 15.7 Å². The van der Waals surface area contributed by atoms with Gasteiger partial charge in [0.25, 0.3) is 5.91 Å². The van der Waals surface area contributed by atoms with Crippen LogP contribution < -0.4 is 14.5 Å². The van der Waals surface area contributed by atoms with Crippen molar-refractivity contribution in [3.05, 3.63) is 52.4 Å². The molecule has 2 aromatic rings. The molecule has 0 unspecified atom stereocenters. The number of hydrogen-bond acceptors (Lipinski definition) is 7. The van der Waals surface area contributed by atoms with Gasteiger partial charge in [-0.15, -0.1) is 0 Å². The number of rotatable bonds is 9. The van der Waals surface area contributed by atoms with Crippen molar-refractivity contribution in [2.24, 2.45) is 4.99 Å². The average molecular weight is 511 g/mol. The normalized spacial score (nSPS) is 18.5. The number of amides is 1. The van der Waals surface area contributed by atoms with Crippen LogP contribution in [-0.2, 0) is 4.79 Å². The SMILES string of the molecule is CCCCN1C(=O)/C(=C2/Sc3ccc(OC)cc3N2CC)SC1=Nc1ccc(N(CC)CC)cc1. The zero-order chi connectivity index (χ0) is 24.9. The number of fused-ring (bicyclic) bond motifs is 1. The number of aliphatic imine (C=N–C) groups is 1. The minimum atomic E-state index is 0.0442. The molecule has 35 heavy (non-hydrogen) atoms. The molecule has 8 heteroatoms. The summed E-state index contributed by atoms with van der Waals surface area (Å²) in [5.41, 5.74) is 3.14. The zero-order valence-corrected chi connectivity index (χ0v) is 22.8. The van der Waals surface area contributed by atoms with Crippen LogP contribution in [-0.4, -0.2) is 49.3 Å². The summed E-state index contributed by atoms with van der Waals surface area (Å²) in [7, 11) is 1.68. The molecule has 0 aliphatic carbocycles. The van der Waals surface area contributed by atoms with E-state index in [9.17, 15) is 4.79 Å². The quantitative estimate of drug-likeness (QED) is 0.350. The van der Waals surface area contributed by atoms with Crippen molar-refractivity contribution >= 4 is 51.7 Å². The molecule has 6 nitrogen and oxygen atoms in total. The van der Waals surface area contributed by atoms with Crippen LogP contribution in [0.15, 0.2) is 62.3 Å². The maximum atomic E-state index is 13.7. The highest BCUT2D eigenvalue weighted by atomic mass is 32.2. The fourth-order valence-corrected chi connectivity index (χ4v) is 6.64. The molecule has 1 amide bonds. The van der Waals surface area contributed by atoms with Crippen molar-refractivity contribution in [2.45, 2.75) is 45.4 Å². The van der Waals surface area contributed by atoms with Crippen LogP contribution in [0.3, 0.4) is 0 Å². The summed E-state index contributed by atoms with van der Waals surface area (Å²) in [5.74, 6) is 0.863. The first kappa shape index (κ1) is 25.5. The number of thioether (sulfide) groups is 2. The van der Waals surface area contributed by atoms with Gasteiger partial charge in [-0.1, -0.05) is 25.1 Å². The highest BCUT2D eigenvalue weighted by Gasteiger charge is 2.39. The number of amidine groups is 1.